The molecule has 0 spiro atoms. The fourth-order valence-corrected chi connectivity index (χ4v) is 5.66. The number of aromatic nitrogens is 4. The first-order chi connectivity index (χ1) is 17.9. The SMILES string of the molecule is CCC(CC)OC(=O)Nc1ccc2ccc(CC[C@]3(C)CCC(c4ccc5c(N)ncnn45)C3)cc2n1. The number of nitrogens with two attached hydrogens (primary N) is 1. The second kappa shape index (κ2) is 10.4. The van der Waals surface area contributed by atoms with Gasteiger partial charge in [0.2, 0.25) is 0 Å². The Bertz CT molecular complexity index is 1410. The fraction of sp³-hybridized carbons (Fsp3) is 0.448. The van der Waals surface area contributed by atoms with Crippen molar-refractivity contribution in [1.29, 1.82) is 0 Å². The Morgan fingerprint density at radius 3 is 2.84 bits per heavy atom. The third-order valence-electron chi connectivity index (χ3n) is 7.95. The highest BCUT2D eigenvalue weighted by molar-refractivity contribution is 5.87. The van der Waals surface area contributed by atoms with Crippen LogP contribution in [0.1, 0.15) is 76.5 Å². The number of rotatable bonds is 8. The van der Waals surface area contributed by atoms with Crippen LogP contribution in [-0.2, 0) is 11.2 Å². The Morgan fingerprint density at radius 2 is 2.03 bits per heavy atom. The van der Waals surface area contributed by atoms with E-state index in [2.05, 4.69) is 51.6 Å². The zero-order chi connectivity index (χ0) is 26.0. The van der Waals surface area contributed by atoms with Crippen LogP contribution in [0.5, 0.6) is 0 Å². The van der Waals surface area contributed by atoms with E-state index < -0.39 is 6.09 Å². The summed E-state index contributed by atoms with van der Waals surface area (Å²) in [7, 11) is 0. The molecule has 1 fully saturated rings. The number of pyridine rings is 1. The lowest BCUT2D eigenvalue weighted by molar-refractivity contribution is 0.106. The monoisotopic (exact) mass is 500 g/mol. The molecule has 0 radical (unpaired) electrons. The molecule has 37 heavy (non-hydrogen) atoms. The van der Waals surface area contributed by atoms with E-state index in [1.165, 1.54) is 24.0 Å². The molecule has 1 saturated carbocycles. The predicted molar refractivity (Wildman–Crippen MR) is 147 cm³/mol. The number of hydrogen-bond acceptors (Lipinski definition) is 6. The van der Waals surface area contributed by atoms with Gasteiger partial charge in [0.15, 0.2) is 5.82 Å². The lowest BCUT2D eigenvalue weighted by Gasteiger charge is -2.24. The van der Waals surface area contributed by atoms with Crippen molar-refractivity contribution in [3.05, 3.63) is 60.0 Å². The van der Waals surface area contributed by atoms with Gasteiger partial charge in [-0.15, -0.1) is 0 Å². The van der Waals surface area contributed by atoms with Crippen LogP contribution in [0.4, 0.5) is 16.4 Å². The van der Waals surface area contributed by atoms with Crippen LogP contribution in [0, 0.1) is 5.41 Å². The minimum Gasteiger partial charge on any atom is -0.446 e. The highest BCUT2D eigenvalue weighted by Crippen LogP contribution is 2.49. The number of nitrogen functional groups attached to an aromatic ring is 1. The molecule has 2 atom stereocenters. The maximum absolute atomic E-state index is 12.2. The molecule has 1 aliphatic rings. The van der Waals surface area contributed by atoms with E-state index in [4.69, 9.17) is 10.5 Å². The van der Waals surface area contributed by atoms with Gasteiger partial charge >= 0.3 is 6.09 Å². The average molecular weight is 501 g/mol. The smallest absolute Gasteiger partial charge is 0.413 e. The van der Waals surface area contributed by atoms with E-state index in [0.717, 1.165) is 54.9 Å². The topological polar surface area (TPSA) is 107 Å². The van der Waals surface area contributed by atoms with Crippen molar-refractivity contribution in [2.24, 2.45) is 5.41 Å². The molecule has 1 aliphatic carbocycles. The summed E-state index contributed by atoms with van der Waals surface area (Å²) in [6, 6.07) is 14.4. The number of fused-ring (bicyclic) bond motifs is 2. The predicted octanol–water partition coefficient (Wildman–Crippen LogP) is 6.50. The summed E-state index contributed by atoms with van der Waals surface area (Å²) in [6.07, 6.45) is 8.14. The van der Waals surface area contributed by atoms with Crippen molar-refractivity contribution in [3.63, 3.8) is 0 Å². The quantitative estimate of drug-likeness (QED) is 0.286. The number of carbonyl (C=O) groups excluding carboxylic acids is 1. The summed E-state index contributed by atoms with van der Waals surface area (Å²) in [4.78, 5) is 21.0. The van der Waals surface area contributed by atoms with E-state index in [1.54, 1.807) is 0 Å². The molecule has 3 N–H and O–H groups in total. The number of amides is 1. The fourth-order valence-electron chi connectivity index (χ4n) is 5.66. The minimum absolute atomic E-state index is 0.0774. The van der Waals surface area contributed by atoms with Crippen LogP contribution in [0.15, 0.2) is 48.8 Å². The molecule has 194 valence electrons. The van der Waals surface area contributed by atoms with Crippen LogP contribution < -0.4 is 11.1 Å². The highest BCUT2D eigenvalue weighted by atomic mass is 16.6. The lowest BCUT2D eigenvalue weighted by Crippen LogP contribution is -2.21. The molecule has 1 amide bonds. The molecular formula is C29H36N6O2. The van der Waals surface area contributed by atoms with Crippen molar-refractivity contribution < 1.29 is 9.53 Å². The minimum atomic E-state index is -0.453. The van der Waals surface area contributed by atoms with Gasteiger partial charge in [0, 0.05) is 17.0 Å². The van der Waals surface area contributed by atoms with Crippen molar-refractivity contribution in [2.75, 3.05) is 11.1 Å². The molecule has 3 heterocycles. The molecule has 3 aromatic heterocycles. The Hall–Kier alpha value is -3.68. The summed E-state index contributed by atoms with van der Waals surface area (Å²) in [5.74, 6) is 1.50. The van der Waals surface area contributed by atoms with E-state index >= 15 is 0 Å². The number of ether oxygens (including phenoxy) is 1. The first-order valence-electron chi connectivity index (χ1n) is 13.3. The zero-order valence-electron chi connectivity index (χ0n) is 21.9. The summed E-state index contributed by atoms with van der Waals surface area (Å²) in [5, 5.41) is 8.28. The molecule has 1 aromatic carbocycles. The number of carbonyl (C=O) groups is 1. The van der Waals surface area contributed by atoms with Gasteiger partial charge in [0.25, 0.3) is 0 Å². The van der Waals surface area contributed by atoms with Gasteiger partial charge in [0.1, 0.15) is 23.8 Å². The standard InChI is InChI=1S/C29H36N6O2/c1-4-22(5-2)37-28(36)34-26-11-8-20-7-6-19(16-23(20)33-26)12-14-29(3)15-13-21(17-29)24-9-10-25-27(30)31-18-32-35(24)25/h6-11,16,18,21-22H,4-5,12-15,17H2,1-3H3,(H2,30,31,32)(H,33,34,36)/t21?,29-/m1/s1. The molecule has 4 aromatic rings. The molecule has 5 rings (SSSR count). The first-order valence-corrected chi connectivity index (χ1v) is 13.3. The van der Waals surface area contributed by atoms with Crippen LogP contribution in [0.2, 0.25) is 0 Å². The van der Waals surface area contributed by atoms with Gasteiger partial charge in [-0.3, -0.25) is 5.32 Å². The third-order valence-corrected chi connectivity index (χ3v) is 7.95. The second-order valence-electron chi connectivity index (χ2n) is 10.6. The zero-order valence-corrected chi connectivity index (χ0v) is 21.9. The molecule has 0 saturated heterocycles. The summed E-state index contributed by atoms with van der Waals surface area (Å²) in [6.45, 7) is 6.42. The first kappa shape index (κ1) is 25.0. The Kier molecular flexibility index (Phi) is 7.00. The van der Waals surface area contributed by atoms with Gasteiger partial charge in [-0.1, -0.05) is 32.9 Å². The molecule has 0 aliphatic heterocycles. The van der Waals surface area contributed by atoms with Crippen molar-refractivity contribution >= 4 is 34.1 Å². The van der Waals surface area contributed by atoms with Gasteiger partial charge < -0.3 is 10.5 Å². The molecule has 0 bridgehead atoms. The maximum atomic E-state index is 12.2. The largest absolute Gasteiger partial charge is 0.446 e. The average Bonchev–Trinajstić information content (AvgIpc) is 3.50. The highest BCUT2D eigenvalue weighted by Gasteiger charge is 2.36. The number of benzene rings is 1. The van der Waals surface area contributed by atoms with Crippen LogP contribution >= 0.6 is 0 Å². The van der Waals surface area contributed by atoms with Crippen LogP contribution in [0.3, 0.4) is 0 Å². The van der Waals surface area contributed by atoms with Crippen LogP contribution in [-0.4, -0.2) is 31.8 Å². The Morgan fingerprint density at radius 1 is 1.22 bits per heavy atom. The van der Waals surface area contributed by atoms with Gasteiger partial charge in [0.05, 0.1) is 5.52 Å². The van der Waals surface area contributed by atoms with E-state index in [0.29, 0.717) is 17.6 Å². The van der Waals surface area contributed by atoms with E-state index in [1.807, 2.05) is 36.6 Å². The van der Waals surface area contributed by atoms with Crippen molar-refractivity contribution in [1.82, 2.24) is 19.6 Å². The molecule has 1 unspecified atom stereocenters. The molecule has 8 heteroatoms. The summed E-state index contributed by atoms with van der Waals surface area (Å²) in [5.41, 5.74) is 10.5. The number of aryl methyl sites for hydroxylation is 1. The Balaban J connectivity index is 1.24. The lowest BCUT2D eigenvalue weighted by atomic mass is 9.81. The van der Waals surface area contributed by atoms with Crippen LogP contribution in [0.25, 0.3) is 16.4 Å². The Labute approximate surface area is 217 Å². The molecule has 8 nitrogen and oxygen atoms in total. The number of nitrogens with one attached hydrogen (secondary N) is 1. The summed E-state index contributed by atoms with van der Waals surface area (Å²) >= 11 is 0. The number of anilines is 2. The van der Waals surface area contributed by atoms with Crippen molar-refractivity contribution in [2.45, 2.75) is 77.7 Å². The number of nitrogens with zero attached hydrogens (tertiary/aromatic N) is 4. The normalized spacial score (nSPS) is 19.6. The van der Waals surface area contributed by atoms with E-state index in [-0.39, 0.29) is 11.5 Å². The maximum Gasteiger partial charge on any atom is 0.413 e. The van der Waals surface area contributed by atoms with Gasteiger partial charge in [-0.25, -0.2) is 19.3 Å². The molecular weight excluding hydrogens is 464 g/mol. The van der Waals surface area contributed by atoms with E-state index in [9.17, 15) is 4.79 Å². The van der Waals surface area contributed by atoms with Crippen molar-refractivity contribution in [3.8, 4) is 0 Å². The summed E-state index contributed by atoms with van der Waals surface area (Å²) < 4.78 is 7.41. The number of hydrogen-bond donors (Lipinski definition) is 2. The van der Waals surface area contributed by atoms with Gasteiger partial charge in [-0.2, -0.15) is 5.10 Å². The third kappa shape index (κ3) is 5.38. The van der Waals surface area contributed by atoms with Gasteiger partial charge in [-0.05, 0) is 86.3 Å². The second-order valence-corrected chi connectivity index (χ2v) is 10.6.